The quantitative estimate of drug-likeness (QED) is 0.728. The van der Waals surface area contributed by atoms with Crippen LogP contribution < -0.4 is 5.32 Å². The first-order valence-corrected chi connectivity index (χ1v) is 7.45. The number of aromatic nitrogens is 2. The summed E-state index contributed by atoms with van der Waals surface area (Å²) in [5, 5.41) is 3.47. The Morgan fingerprint density at radius 2 is 1.76 bits per heavy atom. The average Bonchev–Trinajstić information content (AvgIpc) is 2.83. The molecule has 1 aliphatic carbocycles. The smallest absolute Gasteiger partial charge is 0.145 e. The summed E-state index contributed by atoms with van der Waals surface area (Å²) in [5.41, 5.74) is 4.36. The minimum atomic E-state index is 0.0377. The molecule has 0 saturated heterocycles. The van der Waals surface area contributed by atoms with E-state index in [9.17, 15) is 0 Å². The van der Waals surface area contributed by atoms with Gasteiger partial charge in [0.15, 0.2) is 0 Å². The van der Waals surface area contributed by atoms with E-state index < -0.39 is 0 Å². The van der Waals surface area contributed by atoms with E-state index in [2.05, 4.69) is 39.6 Å². The summed E-state index contributed by atoms with van der Waals surface area (Å²) in [7, 11) is 0. The van der Waals surface area contributed by atoms with Gasteiger partial charge >= 0.3 is 0 Å². The van der Waals surface area contributed by atoms with Gasteiger partial charge in [-0.1, -0.05) is 36.4 Å². The molecule has 2 aromatic carbocycles. The number of nitrogens with zero attached hydrogens (tertiary/aromatic N) is 2. The lowest BCUT2D eigenvalue weighted by Crippen LogP contribution is -2.17. The molecular formula is C17H14ClN3. The van der Waals surface area contributed by atoms with E-state index in [0.29, 0.717) is 0 Å². The van der Waals surface area contributed by atoms with Crippen molar-refractivity contribution in [2.24, 2.45) is 0 Å². The molecule has 4 heteroatoms. The monoisotopic (exact) mass is 295 g/mol. The van der Waals surface area contributed by atoms with Crippen molar-refractivity contribution < 1.29 is 0 Å². The highest BCUT2D eigenvalue weighted by Crippen LogP contribution is 2.36. The van der Waals surface area contributed by atoms with Crippen molar-refractivity contribution in [2.45, 2.75) is 17.8 Å². The summed E-state index contributed by atoms with van der Waals surface area (Å²) in [5.74, 6) is 0.765. The fourth-order valence-electron chi connectivity index (χ4n) is 2.90. The van der Waals surface area contributed by atoms with E-state index >= 15 is 0 Å². The molecule has 0 aliphatic heterocycles. The summed E-state index contributed by atoms with van der Waals surface area (Å²) in [6.07, 6.45) is 2.66. The zero-order chi connectivity index (χ0) is 14.2. The maximum absolute atomic E-state index is 6.50. The molecular weight excluding hydrogens is 282 g/mol. The van der Waals surface area contributed by atoms with Gasteiger partial charge in [0.1, 0.15) is 5.82 Å². The van der Waals surface area contributed by atoms with Crippen LogP contribution >= 0.6 is 11.6 Å². The molecule has 1 aliphatic rings. The SMILES string of the molecule is ClC1Cc2ccccc2C1Nc1cnc2ccccc2n1. The minimum Gasteiger partial charge on any atom is -0.360 e. The van der Waals surface area contributed by atoms with Crippen LogP contribution in [0.3, 0.4) is 0 Å². The molecule has 104 valence electrons. The van der Waals surface area contributed by atoms with Crippen molar-refractivity contribution in [2.75, 3.05) is 5.32 Å². The van der Waals surface area contributed by atoms with Crippen LogP contribution in [0, 0.1) is 0 Å². The van der Waals surface area contributed by atoms with Gasteiger partial charge in [-0.2, -0.15) is 0 Å². The Morgan fingerprint density at radius 1 is 1.00 bits per heavy atom. The largest absolute Gasteiger partial charge is 0.360 e. The van der Waals surface area contributed by atoms with Crippen molar-refractivity contribution in [3.05, 3.63) is 65.9 Å². The van der Waals surface area contributed by atoms with Gasteiger partial charge in [-0.05, 0) is 29.7 Å². The molecule has 0 saturated carbocycles. The van der Waals surface area contributed by atoms with Crippen molar-refractivity contribution in [1.29, 1.82) is 0 Å². The molecule has 1 N–H and O–H groups in total. The van der Waals surface area contributed by atoms with E-state index in [-0.39, 0.29) is 11.4 Å². The highest BCUT2D eigenvalue weighted by Gasteiger charge is 2.30. The molecule has 1 heterocycles. The number of nitrogens with one attached hydrogen (secondary N) is 1. The molecule has 21 heavy (non-hydrogen) atoms. The van der Waals surface area contributed by atoms with Gasteiger partial charge in [0, 0.05) is 0 Å². The molecule has 3 nitrogen and oxygen atoms in total. The third-order valence-electron chi connectivity index (χ3n) is 3.92. The normalized spacial score (nSPS) is 20.4. The number of fused-ring (bicyclic) bond motifs is 2. The number of hydrogen-bond acceptors (Lipinski definition) is 3. The second kappa shape index (κ2) is 5.01. The van der Waals surface area contributed by atoms with Gasteiger partial charge in [0.2, 0.25) is 0 Å². The number of anilines is 1. The molecule has 0 fully saturated rings. The Morgan fingerprint density at radius 3 is 2.67 bits per heavy atom. The van der Waals surface area contributed by atoms with Gasteiger partial charge < -0.3 is 5.32 Å². The molecule has 2 unspecified atom stereocenters. The third kappa shape index (κ3) is 2.24. The van der Waals surface area contributed by atoms with Crippen LogP contribution in [0.1, 0.15) is 17.2 Å². The Labute approximate surface area is 128 Å². The molecule has 3 aromatic rings. The molecule has 0 spiro atoms. The summed E-state index contributed by atoms with van der Waals surface area (Å²) >= 11 is 6.50. The third-order valence-corrected chi connectivity index (χ3v) is 4.32. The Hall–Kier alpha value is -2.13. The van der Waals surface area contributed by atoms with Crippen LogP contribution in [0.4, 0.5) is 5.82 Å². The lowest BCUT2D eigenvalue weighted by molar-refractivity contribution is 0.767. The Kier molecular flexibility index (Phi) is 3.00. The molecule has 4 rings (SSSR count). The summed E-state index contributed by atoms with van der Waals surface area (Å²) in [6.45, 7) is 0. The van der Waals surface area contributed by atoms with Crippen LogP contribution in [-0.2, 0) is 6.42 Å². The van der Waals surface area contributed by atoms with Crippen LogP contribution in [-0.4, -0.2) is 15.3 Å². The average molecular weight is 296 g/mol. The lowest BCUT2D eigenvalue weighted by Gasteiger charge is -2.18. The van der Waals surface area contributed by atoms with Crippen LogP contribution in [0.2, 0.25) is 0 Å². The topological polar surface area (TPSA) is 37.8 Å². The summed E-state index contributed by atoms with van der Waals surface area (Å²) in [6, 6.07) is 16.3. The van der Waals surface area contributed by atoms with Crippen LogP contribution in [0.15, 0.2) is 54.7 Å². The number of benzene rings is 2. The molecule has 0 amide bonds. The van der Waals surface area contributed by atoms with Crippen LogP contribution in [0.5, 0.6) is 0 Å². The van der Waals surface area contributed by atoms with E-state index in [0.717, 1.165) is 23.3 Å². The van der Waals surface area contributed by atoms with Crippen molar-refractivity contribution >= 4 is 28.5 Å². The predicted molar refractivity (Wildman–Crippen MR) is 85.7 cm³/mol. The standard InChI is InChI=1S/C17H14ClN3/c18-13-9-11-5-1-2-6-12(11)17(13)21-16-10-19-14-7-3-4-8-15(14)20-16/h1-8,10,13,17H,9H2,(H,20,21). The van der Waals surface area contributed by atoms with Gasteiger partial charge in [-0.25, -0.2) is 4.98 Å². The molecule has 1 aromatic heterocycles. The number of hydrogen-bond donors (Lipinski definition) is 1. The predicted octanol–water partition coefficient (Wildman–Crippen LogP) is 3.95. The first kappa shape index (κ1) is 12.6. The zero-order valence-corrected chi connectivity index (χ0v) is 12.1. The molecule has 0 bridgehead atoms. The number of alkyl halides is 1. The van der Waals surface area contributed by atoms with Crippen molar-refractivity contribution in [3.8, 4) is 0 Å². The highest BCUT2D eigenvalue weighted by atomic mass is 35.5. The first-order valence-electron chi connectivity index (χ1n) is 7.01. The zero-order valence-electron chi connectivity index (χ0n) is 11.3. The second-order valence-corrected chi connectivity index (χ2v) is 5.85. The molecule has 0 radical (unpaired) electrons. The molecule has 2 atom stereocenters. The maximum atomic E-state index is 6.50. The van der Waals surface area contributed by atoms with Gasteiger partial charge in [-0.15, -0.1) is 11.6 Å². The summed E-state index contributed by atoms with van der Waals surface area (Å²) < 4.78 is 0. The van der Waals surface area contributed by atoms with E-state index in [1.54, 1.807) is 6.20 Å². The fraction of sp³-hybridized carbons (Fsp3) is 0.176. The van der Waals surface area contributed by atoms with E-state index in [1.165, 1.54) is 11.1 Å². The first-order chi connectivity index (χ1) is 10.3. The van der Waals surface area contributed by atoms with E-state index in [1.807, 2.05) is 24.3 Å². The number of para-hydroxylation sites is 2. The minimum absolute atomic E-state index is 0.0377. The van der Waals surface area contributed by atoms with Crippen molar-refractivity contribution in [3.63, 3.8) is 0 Å². The summed E-state index contributed by atoms with van der Waals surface area (Å²) in [4.78, 5) is 9.05. The number of rotatable bonds is 2. The van der Waals surface area contributed by atoms with Gasteiger partial charge in [0.25, 0.3) is 0 Å². The van der Waals surface area contributed by atoms with E-state index in [4.69, 9.17) is 11.6 Å². The highest BCUT2D eigenvalue weighted by molar-refractivity contribution is 6.21. The van der Waals surface area contributed by atoms with Crippen LogP contribution in [0.25, 0.3) is 11.0 Å². The number of halogens is 1. The maximum Gasteiger partial charge on any atom is 0.145 e. The Balaban J connectivity index is 1.68. The van der Waals surface area contributed by atoms with Gasteiger partial charge in [0.05, 0.1) is 28.6 Å². The second-order valence-electron chi connectivity index (χ2n) is 5.28. The van der Waals surface area contributed by atoms with Gasteiger partial charge in [-0.3, -0.25) is 4.98 Å². The van der Waals surface area contributed by atoms with Crippen molar-refractivity contribution in [1.82, 2.24) is 9.97 Å². The lowest BCUT2D eigenvalue weighted by atomic mass is 10.1. The Bertz CT molecular complexity index is 803. The fourth-order valence-corrected chi connectivity index (χ4v) is 3.27.